The van der Waals surface area contributed by atoms with Crippen LogP contribution in [0, 0.1) is 6.92 Å². The number of pyridine rings is 1. The van der Waals surface area contributed by atoms with Crippen molar-refractivity contribution < 1.29 is 14.7 Å². The van der Waals surface area contributed by atoms with Gasteiger partial charge in [-0.25, -0.2) is 4.79 Å². The monoisotopic (exact) mass is 280 g/mol. The second-order valence-corrected chi connectivity index (χ2v) is 4.14. The summed E-state index contributed by atoms with van der Waals surface area (Å²) >= 11 is 5.92. The molecule has 0 saturated carbocycles. The summed E-state index contributed by atoms with van der Waals surface area (Å²) in [5, 5.41) is 17.3. The number of hydrogen-bond acceptors (Lipinski definition) is 4. The normalized spacial score (nSPS) is 10.2. The van der Waals surface area contributed by atoms with E-state index in [9.17, 15) is 9.59 Å². The number of carbonyl (C=O) groups is 2. The second kappa shape index (κ2) is 5.07. The van der Waals surface area contributed by atoms with Crippen LogP contribution in [-0.2, 0) is 0 Å². The minimum absolute atomic E-state index is 0.0963. The first-order valence-electron chi connectivity index (χ1n) is 5.19. The zero-order chi connectivity index (χ0) is 14.0. The van der Waals surface area contributed by atoms with Crippen LogP contribution in [0.25, 0.3) is 0 Å². The lowest BCUT2D eigenvalue weighted by Crippen LogP contribution is -2.13. The Morgan fingerprint density at radius 3 is 2.74 bits per heavy atom. The number of aromatic amines is 1. The van der Waals surface area contributed by atoms with Crippen molar-refractivity contribution >= 4 is 29.3 Å². The van der Waals surface area contributed by atoms with Gasteiger partial charge in [-0.05, 0) is 13.0 Å². The molecule has 2 aromatic heterocycles. The van der Waals surface area contributed by atoms with Gasteiger partial charge in [-0.2, -0.15) is 5.10 Å². The topological polar surface area (TPSA) is 108 Å². The van der Waals surface area contributed by atoms with Gasteiger partial charge in [0.25, 0.3) is 5.91 Å². The van der Waals surface area contributed by atoms with Gasteiger partial charge in [-0.15, -0.1) is 0 Å². The number of aryl methyl sites for hydroxylation is 1. The van der Waals surface area contributed by atoms with E-state index < -0.39 is 11.9 Å². The van der Waals surface area contributed by atoms with Crippen molar-refractivity contribution in [2.75, 3.05) is 5.32 Å². The van der Waals surface area contributed by atoms with Gasteiger partial charge in [-0.1, -0.05) is 11.6 Å². The maximum absolute atomic E-state index is 11.9. The fourth-order valence-corrected chi connectivity index (χ4v) is 1.67. The lowest BCUT2D eigenvalue weighted by atomic mass is 10.2. The summed E-state index contributed by atoms with van der Waals surface area (Å²) in [6.45, 7) is 1.75. The molecule has 8 heteroatoms. The summed E-state index contributed by atoms with van der Waals surface area (Å²) in [5.41, 5.74) is 0.755. The third kappa shape index (κ3) is 2.89. The van der Waals surface area contributed by atoms with Crippen LogP contribution in [0.2, 0.25) is 5.02 Å². The molecule has 2 aromatic rings. The number of amides is 1. The Morgan fingerprint density at radius 1 is 1.42 bits per heavy atom. The van der Waals surface area contributed by atoms with Gasteiger partial charge in [0.1, 0.15) is 5.69 Å². The maximum atomic E-state index is 11.9. The number of aromatic nitrogens is 3. The van der Waals surface area contributed by atoms with Crippen LogP contribution < -0.4 is 5.32 Å². The highest BCUT2D eigenvalue weighted by Crippen LogP contribution is 2.17. The second-order valence-electron chi connectivity index (χ2n) is 3.73. The largest absolute Gasteiger partial charge is 0.477 e. The molecule has 0 atom stereocenters. The van der Waals surface area contributed by atoms with Gasteiger partial charge < -0.3 is 10.4 Å². The predicted octanol–water partition coefficient (Wildman–Crippen LogP) is 1.72. The van der Waals surface area contributed by atoms with Gasteiger partial charge in [0, 0.05) is 18.0 Å². The van der Waals surface area contributed by atoms with Crippen molar-refractivity contribution in [2.24, 2.45) is 0 Å². The smallest absolute Gasteiger partial charge is 0.353 e. The average Bonchev–Trinajstić information content (AvgIpc) is 2.77. The van der Waals surface area contributed by atoms with Crippen molar-refractivity contribution in [2.45, 2.75) is 6.92 Å². The van der Waals surface area contributed by atoms with Crippen LogP contribution in [0.5, 0.6) is 0 Å². The van der Waals surface area contributed by atoms with E-state index >= 15 is 0 Å². The summed E-state index contributed by atoms with van der Waals surface area (Å²) in [4.78, 5) is 26.5. The van der Waals surface area contributed by atoms with E-state index in [2.05, 4.69) is 20.5 Å². The molecule has 2 rings (SSSR count). The number of H-pyrrole nitrogens is 1. The highest BCUT2D eigenvalue weighted by atomic mass is 35.5. The summed E-state index contributed by atoms with van der Waals surface area (Å²) < 4.78 is 0. The van der Waals surface area contributed by atoms with Crippen molar-refractivity contribution in [1.82, 2.24) is 15.2 Å². The Balaban J connectivity index is 2.18. The first kappa shape index (κ1) is 13.0. The number of halogens is 1. The molecule has 7 nitrogen and oxygen atoms in total. The Labute approximate surface area is 112 Å². The highest BCUT2D eigenvalue weighted by molar-refractivity contribution is 6.34. The number of anilines is 1. The molecule has 0 aliphatic heterocycles. The van der Waals surface area contributed by atoms with E-state index in [1.165, 1.54) is 12.3 Å². The Bertz CT molecular complexity index is 653. The zero-order valence-electron chi connectivity index (χ0n) is 9.77. The highest BCUT2D eigenvalue weighted by Gasteiger charge is 2.14. The molecule has 0 aromatic carbocycles. The lowest BCUT2D eigenvalue weighted by Gasteiger charge is -2.04. The third-order valence-corrected chi connectivity index (χ3v) is 2.60. The Morgan fingerprint density at radius 2 is 2.16 bits per heavy atom. The molecule has 19 heavy (non-hydrogen) atoms. The van der Waals surface area contributed by atoms with Gasteiger partial charge in [0.15, 0.2) is 5.82 Å². The number of nitrogens with zero attached hydrogens (tertiary/aromatic N) is 2. The summed E-state index contributed by atoms with van der Waals surface area (Å²) in [5.74, 6) is -1.58. The molecule has 0 radical (unpaired) electrons. The molecule has 0 aliphatic rings. The number of nitrogens with one attached hydrogen (secondary N) is 2. The summed E-state index contributed by atoms with van der Waals surface area (Å²) in [6, 6.07) is 2.76. The van der Waals surface area contributed by atoms with Crippen molar-refractivity contribution in [1.29, 1.82) is 0 Å². The van der Waals surface area contributed by atoms with E-state index in [1.807, 2.05) is 0 Å². The minimum Gasteiger partial charge on any atom is -0.477 e. The fraction of sp³-hybridized carbons (Fsp3) is 0.0909. The van der Waals surface area contributed by atoms with Crippen molar-refractivity contribution in [3.63, 3.8) is 0 Å². The molecule has 3 N–H and O–H groups in total. The molecule has 0 unspecified atom stereocenters. The number of rotatable bonds is 3. The van der Waals surface area contributed by atoms with Crippen LogP contribution >= 0.6 is 11.6 Å². The molecule has 2 heterocycles. The quantitative estimate of drug-likeness (QED) is 0.793. The molecule has 0 fully saturated rings. The standard InChI is InChI=1S/C11H9ClN4O3/c1-5-2-7(12)6(4-13-5)10(17)14-9-3-8(11(18)19)15-16-9/h2-4H,1H3,(H,18,19)(H2,14,15,16,17). The van der Waals surface area contributed by atoms with E-state index in [4.69, 9.17) is 16.7 Å². The molecule has 0 aliphatic carbocycles. The van der Waals surface area contributed by atoms with E-state index in [1.54, 1.807) is 13.0 Å². The van der Waals surface area contributed by atoms with Gasteiger partial charge in [0.05, 0.1) is 10.6 Å². The molecular weight excluding hydrogens is 272 g/mol. The summed E-state index contributed by atoms with van der Waals surface area (Å²) in [6.07, 6.45) is 1.35. The number of hydrogen-bond donors (Lipinski definition) is 3. The maximum Gasteiger partial charge on any atom is 0.353 e. The van der Waals surface area contributed by atoms with Crippen LogP contribution in [-0.4, -0.2) is 32.2 Å². The molecular formula is C11H9ClN4O3. The van der Waals surface area contributed by atoms with E-state index in [-0.39, 0.29) is 22.1 Å². The fourth-order valence-electron chi connectivity index (χ4n) is 1.37. The lowest BCUT2D eigenvalue weighted by molar-refractivity contribution is 0.0690. The third-order valence-electron chi connectivity index (χ3n) is 2.28. The van der Waals surface area contributed by atoms with Crippen LogP contribution in [0.4, 0.5) is 5.82 Å². The first-order valence-corrected chi connectivity index (χ1v) is 5.57. The number of aromatic carboxylic acids is 1. The van der Waals surface area contributed by atoms with Crippen molar-refractivity contribution in [3.8, 4) is 0 Å². The molecule has 1 amide bonds. The predicted molar refractivity (Wildman–Crippen MR) is 67.5 cm³/mol. The molecule has 0 saturated heterocycles. The molecule has 0 spiro atoms. The Hall–Kier alpha value is -2.41. The number of carboxylic acid groups (broad SMARTS) is 1. The van der Waals surface area contributed by atoms with Gasteiger partial charge in [0.2, 0.25) is 0 Å². The summed E-state index contributed by atoms with van der Waals surface area (Å²) in [7, 11) is 0. The van der Waals surface area contributed by atoms with Crippen molar-refractivity contribution in [3.05, 3.63) is 40.3 Å². The van der Waals surface area contributed by atoms with Crippen LogP contribution in [0.1, 0.15) is 26.5 Å². The molecule has 0 bridgehead atoms. The Kier molecular flexibility index (Phi) is 3.48. The minimum atomic E-state index is -1.16. The van der Waals surface area contributed by atoms with Gasteiger partial charge >= 0.3 is 5.97 Å². The van der Waals surface area contributed by atoms with Crippen LogP contribution in [0.3, 0.4) is 0 Å². The van der Waals surface area contributed by atoms with E-state index in [0.29, 0.717) is 5.69 Å². The molecule has 98 valence electrons. The number of carbonyl (C=O) groups excluding carboxylic acids is 1. The SMILES string of the molecule is Cc1cc(Cl)c(C(=O)Nc2cc(C(=O)O)[nH]n2)cn1. The first-order chi connectivity index (χ1) is 8.97. The van der Waals surface area contributed by atoms with E-state index in [0.717, 1.165) is 0 Å². The average molecular weight is 281 g/mol. The van der Waals surface area contributed by atoms with Gasteiger partial charge in [-0.3, -0.25) is 14.9 Å². The number of carboxylic acids is 1. The van der Waals surface area contributed by atoms with Crippen LogP contribution in [0.15, 0.2) is 18.3 Å². The zero-order valence-corrected chi connectivity index (χ0v) is 10.5.